The average molecular weight is 371 g/mol. The van der Waals surface area contributed by atoms with Gasteiger partial charge < -0.3 is 15.5 Å². The molecule has 1 fully saturated rings. The topological polar surface area (TPSA) is 79.8 Å². The molecule has 9 heteroatoms. The van der Waals surface area contributed by atoms with Crippen molar-refractivity contribution in [3.63, 3.8) is 0 Å². The number of benzene rings is 1. The number of anilines is 1. The summed E-state index contributed by atoms with van der Waals surface area (Å²) in [5.41, 5.74) is 1.80. The number of carbonyl (C=O) groups excluding carboxylic acids is 2. The van der Waals surface area contributed by atoms with Crippen LogP contribution < -0.4 is 10.6 Å². The maximum Gasteiger partial charge on any atom is 0.405 e. The summed E-state index contributed by atoms with van der Waals surface area (Å²) in [6.07, 6.45) is -3.81. The van der Waals surface area contributed by atoms with E-state index in [1.165, 1.54) is 6.92 Å². The number of alkyl halides is 3. The summed E-state index contributed by atoms with van der Waals surface area (Å²) < 4.78 is 36.2. The molecular formula is C17H20F3N3O3. The quantitative estimate of drug-likeness (QED) is 0.571. The first kappa shape index (κ1) is 19.7. The molecule has 26 heavy (non-hydrogen) atoms. The van der Waals surface area contributed by atoms with Gasteiger partial charge in [0.15, 0.2) is 0 Å². The summed E-state index contributed by atoms with van der Waals surface area (Å²) in [7, 11) is 0. The Labute approximate surface area is 148 Å². The molecule has 1 aromatic rings. The number of nitrogens with one attached hydrogen (secondary N) is 2. The molecule has 2 amide bonds. The molecule has 0 radical (unpaired) electrons. The van der Waals surface area contributed by atoms with Crippen LogP contribution in [0.3, 0.4) is 0 Å². The van der Waals surface area contributed by atoms with E-state index in [0.717, 1.165) is 12.8 Å². The summed E-state index contributed by atoms with van der Waals surface area (Å²) in [5.74, 6) is -0.793. The van der Waals surface area contributed by atoms with Crippen molar-refractivity contribution >= 4 is 23.2 Å². The van der Waals surface area contributed by atoms with Crippen LogP contribution in [0.15, 0.2) is 29.4 Å². The smallest absolute Gasteiger partial charge is 0.382 e. The highest BCUT2D eigenvalue weighted by molar-refractivity contribution is 5.99. The highest BCUT2D eigenvalue weighted by Gasteiger charge is 2.30. The third kappa shape index (κ3) is 6.38. The summed E-state index contributed by atoms with van der Waals surface area (Å²) in [4.78, 5) is 28.1. The molecular weight excluding hydrogens is 351 g/mol. The summed E-state index contributed by atoms with van der Waals surface area (Å²) in [6, 6.07) is 6.88. The lowest BCUT2D eigenvalue weighted by Crippen LogP contribution is -2.39. The van der Waals surface area contributed by atoms with E-state index in [1.807, 2.05) is 0 Å². The fraction of sp³-hybridized carbons (Fsp3) is 0.471. The van der Waals surface area contributed by atoms with Gasteiger partial charge in [-0.1, -0.05) is 17.3 Å². The zero-order valence-corrected chi connectivity index (χ0v) is 14.4. The van der Waals surface area contributed by atoms with Crippen molar-refractivity contribution in [2.45, 2.75) is 39.0 Å². The number of hydrogen-bond acceptors (Lipinski definition) is 4. The Bertz CT molecular complexity index is 683. The Kier molecular flexibility index (Phi) is 6.23. The molecule has 2 rings (SSSR count). The van der Waals surface area contributed by atoms with Gasteiger partial charge in [0.05, 0.1) is 5.71 Å². The van der Waals surface area contributed by atoms with Crippen molar-refractivity contribution in [1.29, 1.82) is 0 Å². The van der Waals surface area contributed by atoms with Gasteiger partial charge in [-0.05, 0) is 44.4 Å². The first-order valence-corrected chi connectivity index (χ1v) is 8.12. The highest BCUT2D eigenvalue weighted by atomic mass is 19.4. The second-order valence-electron chi connectivity index (χ2n) is 6.10. The van der Waals surface area contributed by atoms with Crippen LogP contribution in [0.4, 0.5) is 18.9 Å². The van der Waals surface area contributed by atoms with Crippen LogP contribution in [0.5, 0.6) is 0 Å². The van der Waals surface area contributed by atoms with Gasteiger partial charge in [0.1, 0.15) is 6.54 Å². The second kappa shape index (κ2) is 8.20. The predicted molar refractivity (Wildman–Crippen MR) is 89.6 cm³/mol. The van der Waals surface area contributed by atoms with Gasteiger partial charge in [-0.2, -0.15) is 13.2 Å². The Balaban J connectivity index is 1.85. The number of hydrogen-bond donors (Lipinski definition) is 2. The van der Waals surface area contributed by atoms with Crippen LogP contribution >= 0.6 is 0 Å². The standard InChI is InChI=1S/C17H20F3N3O3/c1-10(23-26-11(2)15(24)21-9-17(18,19)20)12-5-7-14(8-6-12)22-16(25)13-3-4-13/h5-8,11,13H,3-4,9H2,1-2H3,(H,21,24)(H,22,25)/b23-10+. The molecule has 142 valence electrons. The van der Waals surface area contributed by atoms with E-state index < -0.39 is 24.7 Å². The second-order valence-corrected chi connectivity index (χ2v) is 6.10. The summed E-state index contributed by atoms with van der Waals surface area (Å²) >= 11 is 0. The maximum absolute atomic E-state index is 12.1. The van der Waals surface area contributed by atoms with Crippen molar-refractivity contribution in [2.75, 3.05) is 11.9 Å². The Hall–Kier alpha value is -2.58. The fourth-order valence-electron chi connectivity index (χ4n) is 1.97. The minimum Gasteiger partial charge on any atom is -0.382 e. The number of carbonyl (C=O) groups is 2. The Morgan fingerprint density at radius 1 is 1.27 bits per heavy atom. The number of nitrogens with zero attached hydrogens (tertiary/aromatic N) is 1. The largest absolute Gasteiger partial charge is 0.405 e. The van der Waals surface area contributed by atoms with Crippen molar-refractivity contribution in [2.24, 2.45) is 11.1 Å². The normalized spacial score (nSPS) is 16.0. The van der Waals surface area contributed by atoms with Crippen molar-refractivity contribution < 1.29 is 27.6 Å². The number of rotatable bonds is 7. The van der Waals surface area contributed by atoms with Crippen LogP contribution in [0.25, 0.3) is 0 Å². The Morgan fingerprint density at radius 2 is 1.88 bits per heavy atom. The van der Waals surface area contributed by atoms with E-state index in [4.69, 9.17) is 4.84 Å². The van der Waals surface area contributed by atoms with Gasteiger partial charge in [-0.25, -0.2) is 0 Å². The molecule has 2 N–H and O–H groups in total. The van der Waals surface area contributed by atoms with E-state index in [9.17, 15) is 22.8 Å². The molecule has 0 bridgehead atoms. The van der Waals surface area contributed by atoms with E-state index in [2.05, 4.69) is 10.5 Å². The van der Waals surface area contributed by atoms with Gasteiger partial charge >= 0.3 is 6.18 Å². The lowest BCUT2D eigenvalue weighted by molar-refractivity contribution is -0.145. The van der Waals surface area contributed by atoms with E-state index >= 15 is 0 Å². The van der Waals surface area contributed by atoms with E-state index in [0.29, 0.717) is 17.0 Å². The molecule has 1 atom stereocenters. The fourth-order valence-corrected chi connectivity index (χ4v) is 1.97. The minimum atomic E-state index is -4.48. The molecule has 0 aliphatic heterocycles. The SMILES string of the molecule is C/C(=N\OC(C)C(=O)NCC(F)(F)F)c1ccc(NC(=O)C2CC2)cc1. The van der Waals surface area contributed by atoms with Gasteiger partial charge in [0.2, 0.25) is 12.0 Å². The van der Waals surface area contributed by atoms with Gasteiger partial charge in [0.25, 0.3) is 5.91 Å². The molecule has 6 nitrogen and oxygen atoms in total. The molecule has 0 aromatic heterocycles. The first-order chi connectivity index (χ1) is 12.2. The van der Waals surface area contributed by atoms with Gasteiger partial charge in [0, 0.05) is 11.6 Å². The zero-order chi connectivity index (χ0) is 19.3. The van der Waals surface area contributed by atoms with Crippen molar-refractivity contribution in [3.05, 3.63) is 29.8 Å². The maximum atomic E-state index is 12.1. The molecule has 1 unspecified atom stereocenters. The van der Waals surface area contributed by atoms with Crippen molar-refractivity contribution in [1.82, 2.24) is 5.32 Å². The van der Waals surface area contributed by atoms with Gasteiger partial charge in [-0.3, -0.25) is 9.59 Å². The lowest BCUT2D eigenvalue weighted by Gasteiger charge is -2.12. The van der Waals surface area contributed by atoms with Crippen LogP contribution in [0, 0.1) is 5.92 Å². The predicted octanol–water partition coefficient (Wildman–Crippen LogP) is 2.84. The van der Waals surface area contributed by atoms with Crippen molar-refractivity contribution in [3.8, 4) is 0 Å². The molecule has 0 spiro atoms. The average Bonchev–Trinajstić information content (AvgIpc) is 3.42. The number of amides is 2. The van der Waals surface area contributed by atoms with E-state index in [-0.39, 0.29) is 11.8 Å². The van der Waals surface area contributed by atoms with Crippen LogP contribution in [-0.4, -0.2) is 36.4 Å². The highest BCUT2D eigenvalue weighted by Crippen LogP contribution is 2.30. The molecule has 1 saturated carbocycles. The first-order valence-electron chi connectivity index (χ1n) is 8.12. The van der Waals surface area contributed by atoms with Gasteiger partial charge in [-0.15, -0.1) is 0 Å². The Morgan fingerprint density at radius 3 is 2.42 bits per heavy atom. The molecule has 0 saturated heterocycles. The third-order valence-electron chi connectivity index (χ3n) is 3.70. The molecule has 0 heterocycles. The third-order valence-corrected chi connectivity index (χ3v) is 3.70. The number of halogens is 3. The van der Waals surface area contributed by atoms with Crippen LogP contribution in [-0.2, 0) is 14.4 Å². The molecule has 1 aromatic carbocycles. The zero-order valence-electron chi connectivity index (χ0n) is 14.4. The lowest BCUT2D eigenvalue weighted by atomic mass is 10.1. The van der Waals surface area contributed by atoms with E-state index in [1.54, 1.807) is 36.5 Å². The molecule has 1 aliphatic carbocycles. The summed E-state index contributed by atoms with van der Waals surface area (Å²) in [6.45, 7) is 1.52. The van der Waals surface area contributed by atoms with Crippen LogP contribution in [0.1, 0.15) is 32.3 Å². The monoisotopic (exact) mass is 371 g/mol. The summed E-state index contributed by atoms with van der Waals surface area (Å²) in [5, 5.41) is 8.31. The van der Waals surface area contributed by atoms with Crippen LogP contribution in [0.2, 0.25) is 0 Å². The minimum absolute atomic E-state index is 0.00478. The number of oxime groups is 1. The molecule has 1 aliphatic rings.